The Bertz CT molecular complexity index is 727. The van der Waals surface area contributed by atoms with Gasteiger partial charge < -0.3 is 0 Å². The van der Waals surface area contributed by atoms with Crippen LogP contribution in [-0.2, 0) is 10.0 Å². The fourth-order valence-electron chi connectivity index (χ4n) is 2.09. The number of thiophene rings is 1. The molecule has 0 spiro atoms. The zero-order valence-corrected chi connectivity index (χ0v) is 14.5. The standard InChI is InChI=1S/C13H12BrNO2S3/c14-12-6-7-13(19-12)20(16,17)15-8-3-9-18-11-5-2-1-4-10(11)15/h1-2,4-7H,3,8-9H2. The molecule has 20 heavy (non-hydrogen) atoms. The van der Waals surface area contributed by atoms with Crippen LogP contribution in [0.1, 0.15) is 6.42 Å². The zero-order chi connectivity index (χ0) is 14.2. The van der Waals surface area contributed by atoms with Crippen molar-refractivity contribution in [3.63, 3.8) is 0 Å². The number of rotatable bonds is 2. The van der Waals surface area contributed by atoms with Gasteiger partial charge in [0.2, 0.25) is 0 Å². The van der Waals surface area contributed by atoms with Crippen LogP contribution in [0.4, 0.5) is 5.69 Å². The number of thioether (sulfide) groups is 1. The van der Waals surface area contributed by atoms with Gasteiger partial charge in [0, 0.05) is 11.4 Å². The minimum Gasteiger partial charge on any atom is -0.265 e. The van der Waals surface area contributed by atoms with Crippen molar-refractivity contribution in [2.75, 3.05) is 16.6 Å². The fraction of sp³-hybridized carbons (Fsp3) is 0.231. The van der Waals surface area contributed by atoms with Crippen molar-refractivity contribution in [1.82, 2.24) is 0 Å². The van der Waals surface area contributed by atoms with Crippen LogP contribution in [0, 0.1) is 0 Å². The first-order valence-corrected chi connectivity index (χ1v) is 10.1. The first-order valence-electron chi connectivity index (χ1n) is 6.09. The molecule has 7 heteroatoms. The Kier molecular flexibility index (Phi) is 4.12. The number of fused-ring (bicyclic) bond motifs is 1. The smallest absolute Gasteiger partial charge is 0.265 e. The van der Waals surface area contributed by atoms with Gasteiger partial charge in [-0.3, -0.25) is 4.31 Å². The van der Waals surface area contributed by atoms with Gasteiger partial charge in [0.15, 0.2) is 0 Å². The summed E-state index contributed by atoms with van der Waals surface area (Å²) in [6, 6.07) is 11.1. The van der Waals surface area contributed by atoms with Crippen LogP contribution < -0.4 is 4.31 Å². The van der Waals surface area contributed by atoms with Gasteiger partial charge in [-0.1, -0.05) is 12.1 Å². The Morgan fingerprint density at radius 1 is 1.15 bits per heavy atom. The van der Waals surface area contributed by atoms with E-state index in [1.807, 2.05) is 24.3 Å². The molecule has 0 bridgehead atoms. The molecule has 0 amide bonds. The van der Waals surface area contributed by atoms with Crippen molar-refractivity contribution in [2.45, 2.75) is 15.5 Å². The Balaban J connectivity index is 2.09. The summed E-state index contributed by atoms with van der Waals surface area (Å²) >= 11 is 6.30. The minimum atomic E-state index is -3.47. The predicted octanol–water partition coefficient (Wildman–Crippen LogP) is 4.20. The van der Waals surface area contributed by atoms with Crippen LogP contribution in [0.15, 0.2) is 49.3 Å². The molecule has 3 nitrogen and oxygen atoms in total. The Morgan fingerprint density at radius 2 is 1.95 bits per heavy atom. The molecule has 106 valence electrons. The van der Waals surface area contributed by atoms with E-state index in [0.717, 1.165) is 26.5 Å². The zero-order valence-electron chi connectivity index (χ0n) is 10.5. The van der Waals surface area contributed by atoms with Crippen molar-refractivity contribution in [3.8, 4) is 0 Å². The fourth-order valence-corrected chi connectivity index (χ4v) is 6.79. The topological polar surface area (TPSA) is 37.4 Å². The number of benzene rings is 1. The van der Waals surface area contributed by atoms with E-state index >= 15 is 0 Å². The highest BCUT2D eigenvalue weighted by atomic mass is 79.9. The summed E-state index contributed by atoms with van der Waals surface area (Å²) in [5, 5.41) is 0. The molecule has 0 fully saturated rings. The Hall–Kier alpha value is -0.500. The number of para-hydroxylation sites is 1. The van der Waals surface area contributed by atoms with E-state index in [2.05, 4.69) is 15.9 Å². The molecule has 1 aromatic heterocycles. The number of hydrogen-bond acceptors (Lipinski definition) is 4. The highest BCUT2D eigenvalue weighted by molar-refractivity contribution is 9.11. The second-order valence-corrected chi connectivity index (χ2v) is 9.99. The van der Waals surface area contributed by atoms with E-state index in [1.54, 1.807) is 28.2 Å². The quantitative estimate of drug-likeness (QED) is 0.771. The van der Waals surface area contributed by atoms with Crippen LogP contribution in [0.2, 0.25) is 0 Å². The summed E-state index contributed by atoms with van der Waals surface area (Å²) in [6.07, 6.45) is 0.852. The lowest BCUT2D eigenvalue weighted by molar-refractivity contribution is 0.592. The van der Waals surface area contributed by atoms with Gasteiger partial charge in [-0.25, -0.2) is 8.42 Å². The maximum atomic E-state index is 12.8. The van der Waals surface area contributed by atoms with Gasteiger partial charge in [0.1, 0.15) is 4.21 Å². The van der Waals surface area contributed by atoms with Gasteiger partial charge in [-0.15, -0.1) is 23.1 Å². The highest BCUT2D eigenvalue weighted by Crippen LogP contribution is 2.38. The maximum Gasteiger partial charge on any atom is 0.273 e. The summed E-state index contributed by atoms with van der Waals surface area (Å²) in [5.74, 6) is 0.942. The molecule has 1 aliphatic heterocycles. The van der Waals surface area contributed by atoms with Crippen LogP contribution in [-0.4, -0.2) is 20.7 Å². The lowest BCUT2D eigenvalue weighted by Crippen LogP contribution is -2.31. The van der Waals surface area contributed by atoms with Gasteiger partial charge >= 0.3 is 0 Å². The Morgan fingerprint density at radius 3 is 2.70 bits per heavy atom. The lowest BCUT2D eigenvalue weighted by atomic mass is 10.3. The molecule has 0 saturated carbocycles. The molecule has 0 aliphatic carbocycles. The summed E-state index contributed by atoms with van der Waals surface area (Å²) in [6.45, 7) is 0.530. The minimum absolute atomic E-state index is 0.381. The average Bonchev–Trinajstić information content (AvgIpc) is 2.75. The number of nitrogens with zero attached hydrogens (tertiary/aromatic N) is 1. The van der Waals surface area contributed by atoms with Crippen LogP contribution in [0.3, 0.4) is 0 Å². The molecule has 0 radical (unpaired) electrons. The molecule has 3 rings (SSSR count). The third-order valence-electron chi connectivity index (χ3n) is 2.99. The molecule has 0 N–H and O–H groups in total. The largest absolute Gasteiger partial charge is 0.273 e. The number of halogens is 1. The summed E-state index contributed by atoms with van der Waals surface area (Å²) in [7, 11) is -3.47. The summed E-state index contributed by atoms with van der Waals surface area (Å²) < 4.78 is 28.4. The van der Waals surface area contributed by atoms with Crippen LogP contribution in [0.5, 0.6) is 0 Å². The Labute approximate surface area is 135 Å². The van der Waals surface area contributed by atoms with Gasteiger partial charge in [-0.05, 0) is 52.4 Å². The maximum absolute atomic E-state index is 12.8. The van der Waals surface area contributed by atoms with E-state index in [0.29, 0.717) is 10.8 Å². The normalized spacial score (nSPS) is 15.8. The van der Waals surface area contributed by atoms with E-state index in [9.17, 15) is 8.42 Å². The van der Waals surface area contributed by atoms with E-state index in [1.165, 1.54) is 11.3 Å². The van der Waals surface area contributed by atoms with Gasteiger partial charge in [-0.2, -0.15) is 0 Å². The first-order chi connectivity index (χ1) is 9.59. The molecule has 0 saturated heterocycles. The summed E-state index contributed by atoms with van der Waals surface area (Å²) in [4.78, 5) is 1.03. The van der Waals surface area contributed by atoms with Crippen molar-refractivity contribution < 1.29 is 8.42 Å². The third-order valence-corrected chi connectivity index (χ3v) is 8.04. The number of anilines is 1. The van der Waals surface area contributed by atoms with E-state index in [4.69, 9.17) is 0 Å². The van der Waals surface area contributed by atoms with Gasteiger partial charge in [0.25, 0.3) is 10.0 Å². The number of sulfonamides is 1. The van der Waals surface area contributed by atoms with Crippen molar-refractivity contribution in [1.29, 1.82) is 0 Å². The highest BCUT2D eigenvalue weighted by Gasteiger charge is 2.29. The third kappa shape index (κ3) is 2.64. The van der Waals surface area contributed by atoms with Crippen LogP contribution in [0.25, 0.3) is 0 Å². The molecule has 0 atom stereocenters. The SMILES string of the molecule is O=S(=O)(c1ccc(Br)s1)N1CCCSc2ccccc21. The van der Waals surface area contributed by atoms with Crippen molar-refractivity contribution in [3.05, 3.63) is 40.2 Å². The molecule has 1 aliphatic rings. The van der Waals surface area contributed by atoms with Gasteiger partial charge in [0.05, 0.1) is 9.47 Å². The molecule has 2 heterocycles. The molecule has 0 unspecified atom stereocenters. The first kappa shape index (κ1) is 14.4. The van der Waals surface area contributed by atoms with E-state index < -0.39 is 10.0 Å². The van der Waals surface area contributed by atoms with E-state index in [-0.39, 0.29) is 0 Å². The average molecular weight is 390 g/mol. The second-order valence-electron chi connectivity index (χ2n) is 4.31. The van der Waals surface area contributed by atoms with Crippen LogP contribution >= 0.6 is 39.0 Å². The second kappa shape index (κ2) is 5.71. The molecule has 2 aromatic rings. The predicted molar refractivity (Wildman–Crippen MR) is 88.3 cm³/mol. The summed E-state index contributed by atoms with van der Waals surface area (Å²) in [5.41, 5.74) is 0.791. The molecule has 1 aromatic carbocycles. The molecular weight excluding hydrogens is 378 g/mol. The number of hydrogen-bond donors (Lipinski definition) is 0. The lowest BCUT2D eigenvalue weighted by Gasteiger charge is -2.23. The molecular formula is C13H12BrNO2S3. The van der Waals surface area contributed by atoms with Crippen molar-refractivity contribution in [2.24, 2.45) is 0 Å². The monoisotopic (exact) mass is 389 g/mol. The van der Waals surface area contributed by atoms with Crippen molar-refractivity contribution >= 4 is 54.7 Å².